The van der Waals surface area contributed by atoms with Gasteiger partial charge in [0, 0.05) is 33.3 Å². The number of morpholine rings is 1. The van der Waals surface area contributed by atoms with E-state index in [9.17, 15) is 4.79 Å². The van der Waals surface area contributed by atoms with Crippen LogP contribution in [0.3, 0.4) is 0 Å². The summed E-state index contributed by atoms with van der Waals surface area (Å²) in [7, 11) is 1.51. The highest BCUT2D eigenvalue weighted by Crippen LogP contribution is 2.09. The van der Waals surface area contributed by atoms with Crippen LogP contribution in [0.15, 0.2) is 24.3 Å². The third-order valence-electron chi connectivity index (χ3n) is 3.30. The van der Waals surface area contributed by atoms with Crippen LogP contribution in [0.5, 0.6) is 0 Å². The van der Waals surface area contributed by atoms with E-state index in [4.69, 9.17) is 9.47 Å². The highest BCUT2D eigenvalue weighted by atomic mass is 16.5. The lowest BCUT2D eigenvalue weighted by atomic mass is 10.1. The average Bonchev–Trinajstić information content (AvgIpc) is 2.48. The standard InChI is InChI=1S/C15H22N2O3/c1-19-12-15(18)16-10-13-2-4-14(5-3-13)11-17-6-8-20-9-7-17/h2-5H,6-12H2,1H3,(H,16,18). The van der Waals surface area contributed by atoms with Crippen molar-refractivity contribution in [2.24, 2.45) is 0 Å². The largest absolute Gasteiger partial charge is 0.379 e. The van der Waals surface area contributed by atoms with Gasteiger partial charge < -0.3 is 14.8 Å². The van der Waals surface area contributed by atoms with Crippen molar-refractivity contribution >= 4 is 5.91 Å². The van der Waals surface area contributed by atoms with E-state index in [1.165, 1.54) is 12.7 Å². The van der Waals surface area contributed by atoms with E-state index < -0.39 is 0 Å². The topological polar surface area (TPSA) is 50.8 Å². The molecular formula is C15H22N2O3. The molecule has 0 aliphatic carbocycles. The van der Waals surface area contributed by atoms with Gasteiger partial charge in [-0.3, -0.25) is 9.69 Å². The third-order valence-corrected chi connectivity index (χ3v) is 3.30. The minimum Gasteiger partial charge on any atom is -0.379 e. The molecule has 5 heteroatoms. The van der Waals surface area contributed by atoms with E-state index in [0.717, 1.165) is 38.4 Å². The van der Waals surface area contributed by atoms with Crippen LogP contribution in [-0.4, -0.2) is 50.8 Å². The predicted octanol–water partition coefficient (Wildman–Crippen LogP) is 0.781. The molecule has 0 saturated carbocycles. The maximum Gasteiger partial charge on any atom is 0.246 e. The SMILES string of the molecule is COCC(=O)NCc1ccc(CN2CCOCC2)cc1. The molecule has 0 unspecified atom stereocenters. The van der Waals surface area contributed by atoms with Gasteiger partial charge >= 0.3 is 0 Å². The number of carbonyl (C=O) groups is 1. The van der Waals surface area contributed by atoms with Crippen molar-refractivity contribution in [1.29, 1.82) is 0 Å². The fourth-order valence-corrected chi connectivity index (χ4v) is 2.16. The highest BCUT2D eigenvalue weighted by Gasteiger charge is 2.10. The van der Waals surface area contributed by atoms with Crippen molar-refractivity contribution < 1.29 is 14.3 Å². The summed E-state index contributed by atoms with van der Waals surface area (Å²) in [5.74, 6) is -0.0927. The summed E-state index contributed by atoms with van der Waals surface area (Å²) >= 11 is 0. The van der Waals surface area contributed by atoms with Crippen molar-refractivity contribution in [1.82, 2.24) is 10.2 Å². The fraction of sp³-hybridized carbons (Fsp3) is 0.533. The van der Waals surface area contributed by atoms with Gasteiger partial charge in [-0.05, 0) is 11.1 Å². The Balaban J connectivity index is 1.78. The Morgan fingerprint density at radius 1 is 1.25 bits per heavy atom. The Bertz CT molecular complexity index is 414. The predicted molar refractivity (Wildman–Crippen MR) is 76.3 cm³/mol. The number of benzene rings is 1. The maximum absolute atomic E-state index is 11.3. The number of carbonyl (C=O) groups excluding carboxylic acids is 1. The zero-order valence-electron chi connectivity index (χ0n) is 11.9. The van der Waals surface area contributed by atoms with E-state index >= 15 is 0 Å². The van der Waals surface area contributed by atoms with Gasteiger partial charge in [-0.2, -0.15) is 0 Å². The molecule has 1 fully saturated rings. The van der Waals surface area contributed by atoms with Gasteiger partial charge in [0.05, 0.1) is 13.2 Å². The summed E-state index contributed by atoms with van der Waals surface area (Å²) < 4.78 is 10.1. The van der Waals surface area contributed by atoms with Crippen molar-refractivity contribution in [3.05, 3.63) is 35.4 Å². The lowest BCUT2D eigenvalue weighted by molar-refractivity contribution is -0.124. The third kappa shape index (κ3) is 4.92. The fourth-order valence-electron chi connectivity index (χ4n) is 2.16. The van der Waals surface area contributed by atoms with Crippen LogP contribution in [0, 0.1) is 0 Å². The maximum atomic E-state index is 11.3. The lowest BCUT2D eigenvalue weighted by Crippen LogP contribution is -2.35. The van der Waals surface area contributed by atoms with Crippen LogP contribution in [0.25, 0.3) is 0 Å². The molecule has 1 heterocycles. The molecule has 1 aromatic carbocycles. The van der Waals surface area contributed by atoms with E-state index in [-0.39, 0.29) is 12.5 Å². The summed E-state index contributed by atoms with van der Waals surface area (Å²) in [5.41, 5.74) is 2.39. The molecule has 2 rings (SSSR count). The van der Waals surface area contributed by atoms with Gasteiger partial charge in [0.25, 0.3) is 0 Å². The zero-order valence-corrected chi connectivity index (χ0v) is 11.9. The number of nitrogens with zero attached hydrogens (tertiary/aromatic N) is 1. The second-order valence-electron chi connectivity index (χ2n) is 4.91. The van der Waals surface area contributed by atoms with Crippen LogP contribution in [-0.2, 0) is 27.4 Å². The van der Waals surface area contributed by atoms with Crippen molar-refractivity contribution in [2.75, 3.05) is 40.0 Å². The Morgan fingerprint density at radius 2 is 1.90 bits per heavy atom. The first kappa shape index (κ1) is 15.0. The first-order chi connectivity index (χ1) is 9.78. The summed E-state index contributed by atoms with van der Waals surface area (Å²) in [6, 6.07) is 8.35. The normalized spacial score (nSPS) is 16.1. The Labute approximate surface area is 119 Å². The number of hydrogen-bond donors (Lipinski definition) is 1. The molecule has 1 saturated heterocycles. The molecule has 0 aromatic heterocycles. The summed E-state index contributed by atoms with van der Waals surface area (Å²) in [6.07, 6.45) is 0. The molecule has 1 N–H and O–H groups in total. The van der Waals surface area contributed by atoms with E-state index in [1.807, 2.05) is 0 Å². The van der Waals surface area contributed by atoms with E-state index in [0.29, 0.717) is 6.54 Å². The number of amides is 1. The minimum absolute atomic E-state index is 0.0927. The number of ether oxygens (including phenoxy) is 2. The first-order valence-corrected chi connectivity index (χ1v) is 6.91. The second kappa shape index (κ2) is 7.99. The molecule has 1 aliphatic heterocycles. The van der Waals surface area contributed by atoms with Gasteiger partial charge in [0.2, 0.25) is 5.91 Å². The molecule has 1 aromatic rings. The van der Waals surface area contributed by atoms with Crippen LogP contribution >= 0.6 is 0 Å². The summed E-state index contributed by atoms with van der Waals surface area (Å²) in [5, 5.41) is 2.81. The number of nitrogens with one attached hydrogen (secondary N) is 1. The van der Waals surface area contributed by atoms with Gasteiger partial charge in [0.15, 0.2) is 0 Å². The van der Waals surface area contributed by atoms with Crippen LogP contribution in [0.1, 0.15) is 11.1 Å². The van der Waals surface area contributed by atoms with Gasteiger partial charge in [-0.15, -0.1) is 0 Å². The van der Waals surface area contributed by atoms with Crippen molar-refractivity contribution in [3.8, 4) is 0 Å². The molecule has 20 heavy (non-hydrogen) atoms. The van der Waals surface area contributed by atoms with Crippen molar-refractivity contribution in [2.45, 2.75) is 13.1 Å². The van der Waals surface area contributed by atoms with E-state index in [2.05, 4.69) is 34.5 Å². The number of hydrogen-bond acceptors (Lipinski definition) is 4. The first-order valence-electron chi connectivity index (χ1n) is 6.91. The molecule has 110 valence electrons. The lowest BCUT2D eigenvalue weighted by Gasteiger charge is -2.26. The molecule has 1 aliphatic rings. The second-order valence-corrected chi connectivity index (χ2v) is 4.91. The smallest absolute Gasteiger partial charge is 0.246 e. The molecule has 1 amide bonds. The Hall–Kier alpha value is -1.43. The average molecular weight is 278 g/mol. The minimum atomic E-state index is -0.0927. The van der Waals surface area contributed by atoms with E-state index in [1.54, 1.807) is 0 Å². The summed E-state index contributed by atoms with van der Waals surface area (Å²) in [4.78, 5) is 13.7. The Morgan fingerprint density at radius 3 is 2.55 bits per heavy atom. The van der Waals surface area contributed by atoms with Crippen LogP contribution < -0.4 is 5.32 Å². The molecule has 0 spiro atoms. The van der Waals surface area contributed by atoms with Gasteiger partial charge in [-0.25, -0.2) is 0 Å². The number of rotatable bonds is 6. The van der Waals surface area contributed by atoms with Crippen LogP contribution in [0.2, 0.25) is 0 Å². The molecule has 5 nitrogen and oxygen atoms in total. The zero-order chi connectivity index (χ0) is 14.2. The number of methoxy groups -OCH3 is 1. The van der Waals surface area contributed by atoms with Gasteiger partial charge in [0.1, 0.15) is 6.61 Å². The summed E-state index contributed by atoms with van der Waals surface area (Å²) in [6.45, 7) is 5.24. The van der Waals surface area contributed by atoms with Gasteiger partial charge in [-0.1, -0.05) is 24.3 Å². The van der Waals surface area contributed by atoms with Crippen LogP contribution in [0.4, 0.5) is 0 Å². The van der Waals surface area contributed by atoms with Crippen molar-refractivity contribution in [3.63, 3.8) is 0 Å². The highest BCUT2D eigenvalue weighted by molar-refractivity contribution is 5.77. The molecule has 0 atom stereocenters. The molecular weight excluding hydrogens is 256 g/mol. The quantitative estimate of drug-likeness (QED) is 0.835. The Kier molecular flexibility index (Phi) is 5.98. The monoisotopic (exact) mass is 278 g/mol. The molecule has 0 radical (unpaired) electrons. The molecule has 0 bridgehead atoms.